The van der Waals surface area contributed by atoms with Crippen LogP contribution >= 0.6 is 0 Å². The molecule has 18 heavy (non-hydrogen) atoms. The molecule has 0 radical (unpaired) electrons. The van der Waals surface area contributed by atoms with Gasteiger partial charge in [-0.2, -0.15) is 0 Å². The van der Waals surface area contributed by atoms with E-state index in [0.717, 1.165) is 0 Å². The monoisotopic (exact) mass is 241 g/mol. The molecule has 1 aromatic carbocycles. The lowest BCUT2D eigenvalue weighted by Crippen LogP contribution is -2.45. The van der Waals surface area contributed by atoms with Crippen LogP contribution in [0.2, 0.25) is 0 Å². The number of benzene rings is 1. The van der Waals surface area contributed by atoms with Crippen LogP contribution in [-0.4, -0.2) is 7.05 Å². The van der Waals surface area contributed by atoms with E-state index in [9.17, 15) is 0 Å². The number of likely N-dealkylation sites (N-methyl/N-ethyl adjacent to an activating group) is 1. The predicted octanol–water partition coefficient (Wildman–Crippen LogP) is 3.66. The summed E-state index contributed by atoms with van der Waals surface area (Å²) in [5.41, 5.74) is 2.93. The second kappa shape index (κ2) is 4.62. The summed E-state index contributed by atoms with van der Waals surface area (Å²) in [6.07, 6.45) is 7.42. The van der Waals surface area contributed by atoms with Crippen molar-refractivity contribution in [2.24, 2.45) is 0 Å². The fourth-order valence-corrected chi connectivity index (χ4v) is 3.27. The maximum absolute atomic E-state index is 5.26. The average Bonchev–Trinajstić information content (AvgIpc) is 2.88. The van der Waals surface area contributed by atoms with E-state index in [2.05, 4.69) is 41.7 Å². The minimum atomic E-state index is 0.236. The van der Waals surface area contributed by atoms with Crippen LogP contribution in [0.1, 0.15) is 36.4 Å². The number of hydrogen-bond donors (Lipinski definition) is 1. The molecule has 1 saturated carbocycles. The summed E-state index contributed by atoms with van der Waals surface area (Å²) in [5, 5.41) is 3.49. The Kier molecular flexibility index (Phi) is 2.96. The van der Waals surface area contributed by atoms with Gasteiger partial charge in [0.05, 0.1) is 12.5 Å². The fourth-order valence-electron chi connectivity index (χ4n) is 3.27. The van der Waals surface area contributed by atoms with E-state index in [-0.39, 0.29) is 5.41 Å². The normalized spacial score (nSPS) is 19.2. The number of rotatable bonds is 4. The van der Waals surface area contributed by atoms with Crippen LogP contribution in [0.15, 0.2) is 53.3 Å². The van der Waals surface area contributed by atoms with Crippen molar-refractivity contribution in [3.05, 3.63) is 60.1 Å². The molecule has 0 spiro atoms. The van der Waals surface area contributed by atoms with E-state index in [1.54, 1.807) is 6.26 Å². The van der Waals surface area contributed by atoms with E-state index >= 15 is 0 Å². The van der Waals surface area contributed by atoms with Gasteiger partial charge in [0.2, 0.25) is 0 Å². The molecule has 94 valence electrons. The Labute approximate surface area is 108 Å². The van der Waals surface area contributed by atoms with Gasteiger partial charge in [-0.25, -0.2) is 0 Å². The molecule has 1 N–H and O–H groups in total. The molecule has 0 amide bonds. The fraction of sp³-hybridized carbons (Fsp3) is 0.375. The van der Waals surface area contributed by atoms with Crippen molar-refractivity contribution in [2.45, 2.75) is 30.7 Å². The maximum atomic E-state index is 5.26. The molecule has 3 rings (SSSR count). The van der Waals surface area contributed by atoms with Crippen LogP contribution in [0.5, 0.6) is 0 Å². The summed E-state index contributed by atoms with van der Waals surface area (Å²) in [4.78, 5) is 0. The molecule has 1 aliphatic carbocycles. The van der Waals surface area contributed by atoms with Crippen LogP contribution in [0.4, 0.5) is 0 Å². The molecule has 1 aliphatic rings. The molecule has 2 nitrogen and oxygen atoms in total. The molecular formula is C16H19NO. The first-order valence-electron chi connectivity index (χ1n) is 6.62. The van der Waals surface area contributed by atoms with Crippen LogP contribution in [0.3, 0.4) is 0 Å². The van der Waals surface area contributed by atoms with Gasteiger partial charge in [0.1, 0.15) is 0 Å². The van der Waals surface area contributed by atoms with Gasteiger partial charge in [0.15, 0.2) is 0 Å². The molecule has 1 aromatic heterocycles. The SMILES string of the molecule is CNC(c1ccoc1)C1(c2ccccc2)CCC1. The Balaban J connectivity index is 2.01. The van der Waals surface area contributed by atoms with E-state index < -0.39 is 0 Å². The van der Waals surface area contributed by atoms with E-state index in [0.29, 0.717) is 6.04 Å². The van der Waals surface area contributed by atoms with Crippen molar-refractivity contribution in [2.75, 3.05) is 7.05 Å². The zero-order valence-corrected chi connectivity index (χ0v) is 10.7. The van der Waals surface area contributed by atoms with Crippen molar-refractivity contribution in [3.8, 4) is 0 Å². The van der Waals surface area contributed by atoms with E-state index in [1.165, 1.54) is 30.4 Å². The summed E-state index contributed by atoms with van der Waals surface area (Å²) in [6, 6.07) is 13.3. The summed E-state index contributed by atoms with van der Waals surface area (Å²) in [7, 11) is 2.04. The number of furan rings is 1. The molecule has 1 heterocycles. The highest BCUT2D eigenvalue weighted by molar-refractivity contribution is 5.34. The van der Waals surface area contributed by atoms with Gasteiger partial charge in [-0.15, -0.1) is 0 Å². The van der Waals surface area contributed by atoms with Gasteiger partial charge < -0.3 is 9.73 Å². The predicted molar refractivity (Wildman–Crippen MR) is 72.5 cm³/mol. The third-order valence-corrected chi connectivity index (χ3v) is 4.31. The number of hydrogen-bond acceptors (Lipinski definition) is 2. The third kappa shape index (κ3) is 1.68. The molecular weight excluding hydrogens is 222 g/mol. The molecule has 0 aliphatic heterocycles. The van der Waals surface area contributed by atoms with E-state index in [1.807, 2.05) is 13.3 Å². The summed E-state index contributed by atoms with van der Waals surface area (Å²) < 4.78 is 5.26. The maximum Gasteiger partial charge on any atom is 0.0950 e. The molecule has 0 saturated heterocycles. The molecule has 0 bridgehead atoms. The lowest BCUT2D eigenvalue weighted by molar-refractivity contribution is 0.175. The van der Waals surface area contributed by atoms with Gasteiger partial charge >= 0.3 is 0 Å². The van der Waals surface area contributed by atoms with Crippen LogP contribution in [-0.2, 0) is 5.41 Å². The van der Waals surface area contributed by atoms with Crippen molar-refractivity contribution in [3.63, 3.8) is 0 Å². The summed E-state index contributed by atoms with van der Waals surface area (Å²) in [5.74, 6) is 0. The largest absolute Gasteiger partial charge is 0.472 e. The van der Waals surface area contributed by atoms with E-state index in [4.69, 9.17) is 4.42 Å². The number of nitrogens with one attached hydrogen (secondary N) is 1. The van der Waals surface area contributed by atoms with Gasteiger partial charge in [-0.05, 0) is 31.5 Å². The van der Waals surface area contributed by atoms with Crippen LogP contribution < -0.4 is 5.32 Å². The van der Waals surface area contributed by atoms with Crippen molar-refractivity contribution in [1.82, 2.24) is 5.32 Å². The van der Waals surface area contributed by atoms with Gasteiger partial charge in [-0.1, -0.05) is 36.8 Å². The smallest absolute Gasteiger partial charge is 0.0950 e. The quantitative estimate of drug-likeness (QED) is 0.883. The first-order valence-corrected chi connectivity index (χ1v) is 6.62. The lowest BCUT2D eigenvalue weighted by Gasteiger charge is -2.48. The first-order chi connectivity index (χ1) is 8.87. The van der Waals surface area contributed by atoms with Crippen molar-refractivity contribution >= 4 is 0 Å². The van der Waals surface area contributed by atoms with Crippen molar-refractivity contribution < 1.29 is 4.42 Å². The second-order valence-corrected chi connectivity index (χ2v) is 5.15. The Morgan fingerprint density at radius 1 is 1.17 bits per heavy atom. The Morgan fingerprint density at radius 3 is 2.44 bits per heavy atom. The Bertz CT molecular complexity index is 485. The highest BCUT2D eigenvalue weighted by Crippen LogP contribution is 2.51. The van der Waals surface area contributed by atoms with Crippen LogP contribution in [0.25, 0.3) is 0 Å². The van der Waals surface area contributed by atoms with Gasteiger partial charge in [-0.3, -0.25) is 0 Å². The van der Waals surface area contributed by atoms with Gasteiger partial charge in [0.25, 0.3) is 0 Å². The molecule has 2 heteroatoms. The molecule has 1 unspecified atom stereocenters. The molecule has 1 fully saturated rings. The zero-order valence-electron chi connectivity index (χ0n) is 10.7. The molecule has 1 atom stereocenters. The zero-order chi connectivity index (χ0) is 12.4. The molecule has 2 aromatic rings. The Hall–Kier alpha value is -1.54. The minimum absolute atomic E-state index is 0.236. The second-order valence-electron chi connectivity index (χ2n) is 5.15. The lowest BCUT2D eigenvalue weighted by atomic mass is 9.59. The van der Waals surface area contributed by atoms with Crippen molar-refractivity contribution in [1.29, 1.82) is 0 Å². The Morgan fingerprint density at radius 2 is 1.94 bits per heavy atom. The summed E-state index contributed by atoms with van der Waals surface area (Å²) in [6.45, 7) is 0. The third-order valence-electron chi connectivity index (χ3n) is 4.31. The topological polar surface area (TPSA) is 25.2 Å². The minimum Gasteiger partial charge on any atom is -0.472 e. The highest BCUT2D eigenvalue weighted by atomic mass is 16.3. The van der Waals surface area contributed by atoms with Crippen LogP contribution in [0, 0.1) is 0 Å². The highest BCUT2D eigenvalue weighted by Gasteiger charge is 2.45. The average molecular weight is 241 g/mol. The summed E-state index contributed by atoms with van der Waals surface area (Å²) >= 11 is 0. The standard InChI is InChI=1S/C16H19NO/c1-17-15(13-8-11-18-12-13)16(9-5-10-16)14-6-3-2-4-7-14/h2-4,6-8,11-12,15,17H,5,9-10H2,1H3. The van der Waals surface area contributed by atoms with Gasteiger partial charge in [0, 0.05) is 17.0 Å². The first kappa shape index (κ1) is 11.5.